The Hall–Kier alpha value is -2.63. The third kappa shape index (κ3) is 1.99. The van der Waals surface area contributed by atoms with Gasteiger partial charge in [-0.15, -0.1) is 0 Å². The Morgan fingerprint density at radius 1 is 1.19 bits per heavy atom. The molecule has 1 N–H and O–H groups in total. The summed E-state index contributed by atoms with van der Waals surface area (Å²) in [6.45, 7) is 4.88. The molecule has 0 aliphatic heterocycles. The highest BCUT2D eigenvalue weighted by Gasteiger charge is 2.13. The topological polar surface area (TPSA) is 68.4 Å². The molecule has 3 aromatic rings. The number of nitrogens with zero attached hydrogens (tertiary/aromatic N) is 3. The smallest absolute Gasteiger partial charge is 0.277 e. The van der Waals surface area contributed by atoms with Crippen molar-refractivity contribution in [2.75, 3.05) is 6.54 Å². The predicted molar refractivity (Wildman–Crippen MR) is 80.6 cm³/mol. The molecule has 1 amide bonds. The first-order chi connectivity index (χ1) is 10.2. The number of amides is 1. The first-order valence-electron chi connectivity index (χ1n) is 6.95. The van der Waals surface area contributed by atoms with Crippen LogP contribution in [0, 0.1) is 0 Å². The van der Waals surface area contributed by atoms with E-state index in [2.05, 4.69) is 10.4 Å². The molecular formula is C15H16N4O2. The van der Waals surface area contributed by atoms with Crippen molar-refractivity contribution < 1.29 is 4.79 Å². The van der Waals surface area contributed by atoms with Crippen LogP contribution in [0.4, 0.5) is 0 Å². The second-order valence-corrected chi connectivity index (χ2v) is 4.74. The van der Waals surface area contributed by atoms with E-state index in [1.807, 2.05) is 19.9 Å². The van der Waals surface area contributed by atoms with Crippen molar-refractivity contribution in [3.8, 4) is 0 Å². The van der Waals surface area contributed by atoms with E-state index in [4.69, 9.17) is 0 Å². The fourth-order valence-electron chi connectivity index (χ4n) is 2.54. The number of aromatic nitrogens is 3. The summed E-state index contributed by atoms with van der Waals surface area (Å²) in [5.41, 5.74) is 2.50. The molecule has 0 bridgehead atoms. The lowest BCUT2D eigenvalue weighted by atomic mass is 10.1. The van der Waals surface area contributed by atoms with E-state index in [1.54, 1.807) is 33.5 Å². The maximum atomic E-state index is 12.4. The number of carbonyl (C=O) groups excluding carboxylic acids is 1. The van der Waals surface area contributed by atoms with Gasteiger partial charge < -0.3 is 9.88 Å². The van der Waals surface area contributed by atoms with E-state index in [0.717, 1.165) is 5.52 Å². The zero-order chi connectivity index (χ0) is 15.0. The molecule has 2 aromatic heterocycles. The number of carbonyl (C=O) groups is 1. The summed E-state index contributed by atoms with van der Waals surface area (Å²) in [6, 6.07) is 7.02. The van der Waals surface area contributed by atoms with Crippen LogP contribution in [-0.4, -0.2) is 26.6 Å². The minimum atomic E-state index is -0.143. The summed E-state index contributed by atoms with van der Waals surface area (Å²) in [7, 11) is 0. The van der Waals surface area contributed by atoms with Crippen molar-refractivity contribution in [3.05, 3.63) is 46.4 Å². The second kappa shape index (κ2) is 5.05. The van der Waals surface area contributed by atoms with Gasteiger partial charge in [-0.2, -0.15) is 5.10 Å². The molecule has 0 atom stereocenters. The lowest BCUT2D eigenvalue weighted by Crippen LogP contribution is -2.24. The molecule has 0 unspecified atom stereocenters. The molecule has 0 aliphatic carbocycles. The molecule has 6 heteroatoms. The number of benzene rings is 1. The quantitative estimate of drug-likeness (QED) is 0.791. The number of rotatable bonds is 3. The Morgan fingerprint density at radius 2 is 2.00 bits per heavy atom. The van der Waals surface area contributed by atoms with Crippen LogP contribution in [0.25, 0.3) is 16.6 Å². The van der Waals surface area contributed by atoms with Crippen LogP contribution in [-0.2, 0) is 6.54 Å². The van der Waals surface area contributed by atoms with Gasteiger partial charge in [0, 0.05) is 18.7 Å². The van der Waals surface area contributed by atoms with Crippen LogP contribution in [0.5, 0.6) is 0 Å². The first kappa shape index (κ1) is 13.4. The fraction of sp³-hybridized carbons (Fsp3) is 0.267. The van der Waals surface area contributed by atoms with Crippen LogP contribution in [0.1, 0.15) is 24.2 Å². The van der Waals surface area contributed by atoms with Gasteiger partial charge in [0.05, 0.1) is 17.2 Å². The van der Waals surface area contributed by atoms with E-state index in [-0.39, 0.29) is 11.5 Å². The normalized spacial score (nSPS) is 11.1. The van der Waals surface area contributed by atoms with Crippen LogP contribution < -0.4 is 10.9 Å². The lowest BCUT2D eigenvalue weighted by molar-refractivity contribution is 0.0956. The van der Waals surface area contributed by atoms with Gasteiger partial charge in [-0.1, -0.05) is 0 Å². The average Bonchev–Trinajstić information content (AvgIpc) is 2.97. The molecule has 0 saturated carbocycles. The van der Waals surface area contributed by atoms with Gasteiger partial charge >= 0.3 is 0 Å². The lowest BCUT2D eigenvalue weighted by Gasteiger charge is -2.11. The van der Waals surface area contributed by atoms with Crippen molar-refractivity contribution in [2.24, 2.45) is 0 Å². The fourth-order valence-corrected chi connectivity index (χ4v) is 2.54. The highest BCUT2D eigenvalue weighted by molar-refractivity contribution is 5.97. The molecule has 2 heterocycles. The zero-order valence-corrected chi connectivity index (χ0v) is 12.0. The van der Waals surface area contributed by atoms with E-state index >= 15 is 0 Å². The molecule has 108 valence electrons. The van der Waals surface area contributed by atoms with E-state index in [1.165, 1.54) is 0 Å². The maximum Gasteiger partial charge on any atom is 0.277 e. The number of hydrogen-bond donors (Lipinski definition) is 1. The molecule has 21 heavy (non-hydrogen) atoms. The SMILES string of the molecule is CCNC(=O)c1ccc2c(c1)n(CC)c(=O)c1ccnn12. The van der Waals surface area contributed by atoms with Gasteiger partial charge in [-0.3, -0.25) is 9.59 Å². The Bertz CT molecular complexity index is 892. The molecule has 6 nitrogen and oxygen atoms in total. The van der Waals surface area contributed by atoms with Gasteiger partial charge in [0.1, 0.15) is 5.52 Å². The molecule has 0 saturated heterocycles. The van der Waals surface area contributed by atoms with Crippen molar-refractivity contribution in [3.63, 3.8) is 0 Å². The molecule has 0 radical (unpaired) electrons. The molecule has 3 rings (SSSR count). The van der Waals surface area contributed by atoms with E-state index in [9.17, 15) is 9.59 Å². The van der Waals surface area contributed by atoms with Gasteiger partial charge in [0.2, 0.25) is 0 Å². The van der Waals surface area contributed by atoms with Crippen molar-refractivity contribution in [1.29, 1.82) is 0 Å². The second-order valence-electron chi connectivity index (χ2n) is 4.74. The number of nitrogens with one attached hydrogen (secondary N) is 1. The van der Waals surface area contributed by atoms with Gasteiger partial charge in [0.15, 0.2) is 0 Å². The van der Waals surface area contributed by atoms with E-state index < -0.39 is 0 Å². The van der Waals surface area contributed by atoms with Crippen LogP contribution >= 0.6 is 0 Å². The summed E-state index contributed by atoms with van der Waals surface area (Å²) in [6.07, 6.45) is 1.61. The maximum absolute atomic E-state index is 12.4. The third-order valence-corrected chi connectivity index (χ3v) is 3.52. The minimum absolute atomic E-state index is 0.101. The molecule has 1 aromatic carbocycles. The first-order valence-corrected chi connectivity index (χ1v) is 6.95. The van der Waals surface area contributed by atoms with Crippen LogP contribution in [0.15, 0.2) is 35.3 Å². The monoisotopic (exact) mass is 284 g/mol. The van der Waals surface area contributed by atoms with Crippen LogP contribution in [0.2, 0.25) is 0 Å². The summed E-state index contributed by atoms with van der Waals surface area (Å²) in [5.74, 6) is -0.143. The predicted octanol–water partition coefficient (Wildman–Crippen LogP) is 1.42. The van der Waals surface area contributed by atoms with Gasteiger partial charge in [0.25, 0.3) is 11.5 Å². The van der Waals surface area contributed by atoms with Gasteiger partial charge in [-0.25, -0.2) is 4.52 Å². The van der Waals surface area contributed by atoms with Gasteiger partial charge in [-0.05, 0) is 38.1 Å². The minimum Gasteiger partial charge on any atom is -0.352 e. The summed E-state index contributed by atoms with van der Waals surface area (Å²) >= 11 is 0. The summed E-state index contributed by atoms with van der Waals surface area (Å²) < 4.78 is 3.28. The largest absolute Gasteiger partial charge is 0.352 e. The summed E-state index contributed by atoms with van der Waals surface area (Å²) in [4.78, 5) is 24.4. The number of aryl methyl sites for hydroxylation is 1. The third-order valence-electron chi connectivity index (χ3n) is 3.52. The Labute approximate surface area is 121 Å². The molecule has 0 aliphatic rings. The standard InChI is InChI=1S/C15H16N4O2/c1-3-16-14(20)10-5-6-11-13(9-10)18(4-2)15(21)12-7-8-17-19(11)12/h5-9H,3-4H2,1-2H3,(H,16,20). The Balaban J connectivity index is 2.36. The number of hydrogen-bond acceptors (Lipinski definition) is 3. The number of fused-ring (bicyclic) bond motifs is 3. The average molecular weight is 284 g/mol. The Kier molecular flexibility index (Phi) is 3.21. The molecule has 0 spiro atoms. The van der Waals surface area contributed by atoms with Crippen molar-refractivity contribution in [2.45, 2.75) is 20.4 Å². The van der Waals surface area contributed by atoms with Crippen LogP contribution in [0.3, 0.4) is 0 Å². The van der Waals surface area contributed by atoms with E-state index in [0.29, 0.717) is 29.7 Å². The van der Waals surface area contributed by atoms with Crippen molar-refractivity contribution in [1.82, 2.24) is 19.5 Å². The van der Waals surface area contributed by atoms with Crippen molar-refractivity contribution >= 4 is 22.5 Å². The molecule has 0 fully saturated rings. The zero-order valence-electron chi connectivity index (χ0n) is 12.0. The highest BCUT2D eigenvalue weighted by atomic mass is 16.1. The Morgan fingerprint density at radius 3 is 2.71 bits per heavy atom. The summed E-state index contributed by atoms with van der Waals surface area (Å²) in [5, 5.41) is 6.96. The highest BCUT2D eigenvalue weighted by Crippen LogP contribution is 2.16. The molecular weight excluding hydrogens is 268 g/mol.